The van der Waals surface area contributed by atoms with Crippen molar-refractivity contribution in [3.05, 3.63) is 102 Å². The van der Waals surface area contributed by atoms with E-state index in [0.29, 0.717) is 24.7 Å². The van der Waals surface area contributed by atoms with E-state index in [9.17, 15) is 9.36 Å². The van der Waals surface area contributed by atoms with Gasteiger partial charge >= 0.3 is 13.6 Å². The van der Waals surface area contributed by atoms with E-state index in [1.54, 1.807) is 19.1 Å². The number of esters is 1. The summed E-state index contributed by atoms with van der Waals surface area (Å²) in [5.41, 5.74) is 2.84. The Morgan fingerprint density at radius 3 is 2.00 bits per heavy atom. The molecule has 0 saturated carbocycles. The molecule has 0 bridgehead atoms. The van der Waals surface area contributed by atoms with E-state index in [-0.39, 0.29) is 0 Å². The van der Waals surface area contributed by atoms with Gasteiger partial charge in [-0.1, -0.05) is 72.8 Å². The van der Waals surface area contributed by atoms with Gasteiger partial charge in [-0.25, -0.2) is 0 Å². The van der Waals surface area contributed by atoms with Gasteiger partial charge in [0.1, 0.15) is 25.5 Å². The van der Waals surface area contributed by atoms with Gasteiger partial charge in [0.15, 0.2) is 11.5 Å². The quantitative estimate of drug-likeness (QED) is 0.294. The average Bonchev–Trinajstić information content (AvgIpc) is 2.80. The van der Waals surface area contributed by atoms with Crippen LogP contribution in [0.5, 0.6) is 11.5 Å². The molecule has 8 heteroatoms. The number of carbonyl (C=O) groups excluding carboxylic acids is 1. The topological polar surface area (TPSA) is 102 Å². The van der Waals surface area contributed by atoms with Crippen molar-refractivity contribution in [2.75, 3.05) is 6.16 Å². The molecule has 1 unspecified atom stereocenters. The molecule has 0 aromatic heterocycles. The van der Waals surface area contributed by atoms with E-state index in [1.807, 2.05) is 78.9 Å². The number of hydrogen-bond acceptors (Lipinski definition) is 5. The van der Waals surface area contributed by atoms with Gasteiger partial charge in [0.2, 0.25) is 0 Å². The van der Waals surface area contributed by atoms with Crippen LogP contribution in [0.3, 0.4) is 0 Å². The second kappa shape index (κ2) is 12.2. The van der Waals surface area contributed by atoms with Crippen molar-refractivity contribution in [3.8, 4) is 11.5 Å². The van der Waals surface area contributed by atoms with E-state index in [4.69, 9.17) is 24.0 Å². The molecule has 1 atom stereocenters. The molecule has 0 radical (unpaired) electrons. The number of benzene rings is 3. The number of carbonyl (C=O) groups is 1. The van der Waals surface area contributed by atoms with Crippen LogP contribution in [-0.4, -0.2) is 28.0 Å². The van der Waals surface area contributed by atoms with Crippen molar-refractivity contribution in [2.45, 2.75) is 26.2 Å². The normalized spacial score (nSPS) is 12.3. The fourth-order valence-electron chi connectivity index (χ4n) is 3.03. The lowest BCUT2D eigenvalue weighted by molar-refractivity contribution is -0.143. The summed E-state index contributed by atoms with van der Waals surface area (Å²) >= 11 is 0. The fourth-order valence-corrected chi connectivity index (χ4v) is 3.44. The van der Waals surface area contributed by atoms with Gasteiger partial charge in [0.05, 0.1) is 0 Å². The zero-order valence-electron chi connectivity index (χ0n) is 18.7. The molecular weight excluding hydrogens is 455 g/mol. The van der Waals surface area contributed by atoms with E-state index < -0.39 is 25.8 Å². The number of hydrogen-bond donors (Lipinski definition) is 2. The predicted molar refractivity (Wildman–Crippen MR) is 129 cm³/mol. The van der Waals surface area contributed by atoms with Gasteiger partial charge in [-0.15, -0.1) is 0 Å². The third-order valence-corrected chi connectivity index (χ3v) is 5.32. The fraction of sp³-hybridized carbons (Fsp3) is 0.192. The highest BCUT2D eigenvalue weighted by Crippen LogP contribution is 2.34. The van der Waals surface area contributed by atoms with Gasteiger partial charge in [0.25, 0.3) is 0 Å². The summed E-state index contributed by atoms with van der Waals surface area (Å²) in [4.78, 5) is 29.4. The first-order valence-corrected chi connectivity index (χ1v) is 12.5. The van der Waals surface area contributed by atoms with Gasteiger partial charge in [-0.3, -0.25) is 9.36 Å². The lowest BCUT2D eigenvalue weighted by Gasteiger charge is -2.14. The standard InChI is InChI=1S/C26H27O7P/c1-20(33-26(27)19-34(28,29)30)12-13-21-14-15-24(31-17-22-8-4-2-5-9-22)25(16-21)32-18-23-10-6-3-7-11-23/h2-16,20H,17-19H2,1H3,(H2,28,29,30)/b13-12+. The summed E-state index contributed by atoms with van der Waals surface area (Å²) < 4.78 is 28.0. The van der Waals surface area contributed by atoms with Gasteiger partial charge in [0, 0.05) is 0 Å². The van der Waals surface area contributed by atoms with E-state index >= 15 is 0 Å². The van der Waals surface area contributed by atoms with Crippen LogP contribution in [0.25, 0.3) is 6.08 Å². The third kappa shape index (κ3) is 8.87. The first kappa shape index (κ1) is 25.2. The van der Waals surface area contributed by atoms with Crippen molar-refractivity contribution in [3.63, 3.8) is 0 Å². The second-order valence-electron chi connectivity index (χ2n) is 7.63. The van der Waals surface area contributed by atoms with Gasteiger partial charge in [-0.05, 0) is 41.8 Å². The molecule has 3 rings (SSSR count). The van der Waals surface area contributed by atoms with Crippen LogP contribution in [0.4, 0.5) is 0 Å². The Morgan fingerprint density at radius 1 is 0.882 bits per heavy atom. The Hall–Kier alpha value is -3.38. The largest absolute Gasteiger partial charge is 0.485 e. The molecule has 0 aliphatic rings. The molecule has 3 aromatic rings. The molecule has 0 saturated heterocycles. The summed E-state index contributed by atoms with van der Waals surface area (Å²) in [6.07, 6.45) is 1.75. The SMILES string of the molecule is CC(/C=C/c1ccc(OCc2ccccc2)c(OCc2ccccc2)c1)OC(=O)CP(=O)(O)O. The highest BCUT2D eigenvalue weighted by atomic mass is 31.2. The molecule has 2 N–H and O–H groups in total. The summed E-state index contributed by atoms with van der Waals surface area (Å²) in [5, 5.41) is 0. The molecule has 0 aliphatic heterocycles. The second-order valence-corrected chi connectivity index (χ2v) is 9.28. The molecule has 0 fully saturated rings. The molecule has 3 aromatic carbocycles. The predicted octanol–water partition coefficient (Wildman–Crippen LogP) is 4.97. The van der Waals surface area contributed by atoms with Crippen LogP contribution in [-0.2, 0) is 27.3 Å². The van der Waals surface area contributed by atoms with Crippen molar-refractivity contribution in [1.82, 2.24) is 0 Å². The number of rotatable bonds is 11. The minimum Gasteiger partial charge on any atom is -0.485 e. The van der Waals surface area contributed by atoms with Crippen LogP contribution >= 0.6 is 7.60 Å². The maximum atomic E-state index is 11.6. The Bertz CT molecular complexity index is 1140. The Morgan fingerprint density at radius 2 is 1.44 bits per heavy atom. The van der Waals surface area contributed by atoms with Crippen LogP contribution in [0.15, 0.2) is 84.9 Å². The Balaban J connectivity index is 1.71. The van der Waals surface area contributed by atoms with E-state index in [2.05, 4.69) is 0 Å². The maximum Gasteiger partial charge on any atom is 0.336 e. The lowest BCUT2D eigenvalue weighted by Crippen LogP contribution is -2.16. The summed E-state index contributed by atoms with van der Waals surface area (Å²) in [6.45, 7) is 2.37. The lowest BCUT2D eigenvalue weighted by atomic mass is 10.1. The minimum atomic E-state index is -4.46. The zero-order valence-corrected chi connectivity index (χ0v) is 19.6. The van der Waals surface area contributed by atoms with Crippen molar-refractivity contribution < 1.29 is 33.4 Å². The van der Waals surface area contributed by atoms with Gasteiger partial charge < -0.3 is 24.0 Å². The van der Waals surface area contributed by atoms with Crippen LogP contribution in [0, 0.1) is 0 Å². The van der Waals surface area contributed by atoms with E-state index in [1.165, 1.54) is 0 Å². The van der Waals surface area contributed by atoms with Crippen LogP contribution in [0.2, 0.25) is 0 Å². The minimum absolute atomic E-state index is 0.367. The maximum absolute atomic E-state index is 11.6. The van der Waals surface area contributed by atoms with Crippen LogP contribution in [0.1, 0.15) is 23.6 Å². The monoisotopic (exact) mass is 482 g/mol. The molecular formula is C26H27O7P. The average molecular weight is 482 g/mol. The molecule has 178 valence electrons. The Kier molecular flexibility index (Phi) is 9.05. The zero-order chi connectivity index (χ0) is 24.4. The summed E-state index contributed by atoms with van der Waals surface area (Å²) in [7, 11) is -4.46. The highest BCUT2D eigenvalue weighted by Gasteiger charge is 2.21. The molecule has 0 amide bonds. The summed E-state index contributed by atoms with van der Waals surface area (Å²) in [6, 6.07) is 25.1. The van der Waals surface area contributed by atoms with Crippen molar-refractivity contribution in [1.29, 1.82) is 0 Å². The first-order chi connectivity index (χ1) is 16.3. The summed E-state index contributed by atoms with van der Waals surface area (Å²) in [5.74, 6) is 0.202. The molecule has 0 spiro atoms. The van der Waals surface area contributed by atoms with Crippen molar-refractivity contribution >= 4 is 19.6 Å². The smallest absolute Gasteiger partial charge is 0.336 e. The van der Waals surface area contributed by atoms with E-state index in [0.717, 1.165) is 16.7 Å². The van der Waals surface area contributed by atoms with Crippen molar-refractivity contribution in [2.24, 2.45) is 0 Å². The Labute approximate surface area is 198 Å². The highest BCUT2D eigenvalue weighted by molar-refractivity contribution is 7.52. The first-order valence-electron chi connectivity index (χ1n) is 10.7. The third-order valence-electron chi connectivity index (χ3n) is 4.65. The molecule has 7 nitrogen and oxygen atoms in total. The molecule has 34 heavy (non-hydrogen) atoms. The molecule has 0 heterocycles. The van der Waals surface area contributed by atoms with Crippen LogP contribution < -0.4 is 9.47 Å². The van der Waals surface area contributed by atoms with Gasteiger partial charge in [-0.2, -0.15) is 0 Å². The number of ether oxygens (including phenoxy) is 3. The molecule has 0 aliphatic carbocycles.